The highest BCUT2D eigenvalue weighted by Gasteiger charge is 2.09. The van der Waals surface area contributed by atoms with Crippen molar-refractivity contribution in [2.75, 3.05) is 6.54 Å². The van der Waals surface area contributed by atoms with Gasteiger partial charge in [-0.25, -0.2) is 0 Å². The predicted molar refractivity (Wildman–Crippen MR) is 88.4 cm³/mol. The second-order valence-corrected chi connectivity index (χ2v) is 5.61. The topological polar surface area (TPSA) is 32.3 Å². The molecule has 2 N–H and O–H groups in total. The van der Waals surface area contributed by atoms with Crippen LogP contribution in [0.1, 0.15) is 36.6 Å². The van der Waals surface area contributed by atoms with E-state index in [1.165, 1.54) is 11.1 Å². The van der Waals surface area contributed by atoms with Gasteiger partial charge in [-0.2, -0.15) is 0 Å². The molecule has 112 valence electrons. The Morgan fingerprint density at radius 2 is 1.57 bits per heavy atom. The van der Waals surface area contributed by atoms with Crippen LogP contribution < -0.4 is 5.32 Å². The molecule has 0 radical (unpaired) electrons. The van der Waals surface area contributed by atoms with Crippen molar-refractivity contribution < 1.29 is 5.11 Å². The van der Waals surface area contributed by atoms with E-state index in [0.29, 0.717) is 12.6 Å². The van der Waals surface area contributed by atoms with E-state index in [0.717, 1.165) is 18.4 Å². The summed E-state index contributed by atoms with van der Waals surface area (Å²) in [6.07, 6.45) is 1.61. The van der Waals surface area contributed by atoms with Crippen LogP contribution in [0.15, 0.2) is 54.6 Å². The summed E-state index contributed by atoms with van der Waals surface area (Å²) in [5.41, 5.74) is 3.67. The summed E-state index contributed by atoms with van der Waals surface area (Å²) in [5.74, 6) is 0. The average molecular weight is 283 g/mol. The first-order chi connectivity index (χ1) is 10.2. The van der Waals surface area contributed by atoms with E-state index >= 15 is 0 Å². The number of nitrogens with one attached hydrogen (secondary N) is 1. The minimum Gasteiger partial charge on any atom is -0.387 e. The third-order valence-corrected chi connectivity index (χ3v) is 3.82. The third-order valence-electron chi connectivity index (χ3n) is 3.82. The number of rotatable bonds is 7. The molecular weight excluding hydrogens is 258 g/mol. The fourth-order valence-electron chi connectivity index (χ4n) is 2.44. The van der Waals surface area contributed by atoms with E-state index in [1.807, 2.05) is 30.3 Å². The maximum absolute atomic E-state index is 10.1. The molecule has 0 spiro atoms. The quantitative estimate of drug-likeness (QED) is 0.815. The minimum absolute atomic E-state index is 0.343. The number of aliphatic hydroxyl groups is 1. The van der Waals surface area contributed by atoms with Crippen molar-refractivity contribution in [1.82, 2.24) is 5.32 Å². The summed E-state index contributed by atoms with van der Waals surface area (Å²) in [5, 5.41) is 13.5. The van der Waals surface area contributed by atoms with Gasteiger partial charge in [0.2, 0.25) is 0 Å². The Morgan fingerprint density at radius 3 is 2.19 bits per heavy atom. The minimum atomic E-state index is -0.448. The molecule has 1 unspecified atom stereocenters. The first-order valence-corrected chi connectivity index (χ1v) is 7.73. The molecule has 2 heteroatoms. The van der Waals surface area contributed by atoms with Gasteiger partial charge in [-0.05, 0) is 36.5 Å². The summed E-state index contributed by atoms with van der Waals surface area (Å²) in [4.78, 5) is 0. The Hall–Kier alpha value is -1.64. The Balaban J connectivity index is 1.80. The zero-order valence-corrected chi connectivity index (χ0v) is 12.9. The van der Waals surface area contributed by atoms with Crippen molar-refractivity contribution in [1.29, 1.82) is 0 Å². The molecule has 2 rings (SSSR count). The van der Waals surface area contributed by atoms with Crippen molar-refractivity contribution >= 4 is 0 Å². The maximum atomic E-state index is 10.1. The van der Waals surface area contributed by atoms with Crippen LogP contribution in [0.2, 0.25) is 0 Å². The van der Waals surface area contributed by atoms with Gasteiger partial charge in [-0.15, -0.1) is 0 Å². The molecule has 0 fully saturated rings. The Bertz CT molecular complexity index is 521. The molecule has 2 atom stereocenters. The summed E-state index contributed by atoms with van der Waals surface area (Å²) < 4.78 is 0. The SMILES string of the molecule is CCc1ccc(CC(C)NC[C@H](O)c2ccccc2)cc1. The zero-order chi connectivity index (χ0) is 15.1. The molecule has 2 aromatic rings. The standard InChI is InChI=1S/C19H25NO/c1-3-16-9-11-17(12-10-16)13-15(2)20-14-19(21)18-7-5-4-6-8-18/h4-12,15,19-21H,3,13-14H2,1-2H3/t15?,19-/m0/s1. The van der Waals surface area contributed by atoms with Crippen molar-refractivity contribution in [2.24, 2.45) is 0 Å². The number of hydrogen-bond acceptors (Lipinski definition) is 2. The molecule has 0 saturated heterocycles. The van der Waals surface area contributed by atoms with Crippen LogP contribution in [0, 0.1) is 0 Å². The molecule has 2 aromatic carbocycles. The lowest BCUT2D eigenvalue weighted by Crippen LogP contribution is -2.32. The van der Waals surface area contributed by atoms with Crippen molar-refractivity contribution in [2.45, 2.75) is 38.8 Å². The first-order valence-electron chi connectivity index (χ1n) is 7.73. The van der Waals surface area contributed by atoms with Gasteiger partial charge in [-0.3, -0.25) is 0 Å². The fraction of sp³-hybridized carbons (Fsp3) is 0.368. The van der Waals surface area contributed by atoms with Crippen LogP contribution in [0.5, 0.6) is 0 Å². The second-order valence-electron chi connectivity index (χ2n) is 5.61. The Kier molecular flexibility index (Phi) is 5.97. The fourth-order valence-corrected chi connectivity index (χ4v) is 2.44. The average Bonchev–Trinajstić information content (AvgIpc) is 2.54. The number of aliphatic hydroxyl groups excluding tert-OH is 1. The van der Waals surface area contributed by atoms with Crippen LogP contribution in [-0.4, -0.2) is 17.7 Å². The van der Waals surface area contributed by atoms with E-state index in [9.17, 15) is 5.11 Å². The van der Waals surface area contributed by atoms with E-state index in [2.05, 4.69) is 43.4 Å². The van der Waals surface area contributed by atoms with Crippen LogP contribution in [-0.2, 0) is 12.8 Å². The molecule has 0 aliphatic rings. The smallest absolute Gasteiger partial charge is 0.0914 e. The van der Waals surface area contributed by atoms with Gasteiger partial charge in [-0.1, -0.05) is 61.5 Å². The van der Waals surface area contributed by atoms with Crippen LogP contribution in [0.4, 0.5) is 0 Å². The highest BCUT2D eigenvalue weighted by Crippen LogP contribution is 2.12. The molecule has 0 aliphatic heterocycles. The van der Waals surface area contributed by atoms with Gasteiger partial charge in [0.05, 0.1) is 6.10 Å². The highest BCUT2D eigenvalue weighted by atomic mass is 16.3. The van der Waals surface area contributed by atoms with Gasteiger partial charge in [0.1, 0.15) is 0 Å². The molecule has 0 aromatic heterocycles. The lowest BCUT2D eigenvalue weighted by Gasteiger charge is -2.17. The van der Waals surface area contributed by atoms with Crippen molar-refractivity contribution in [3.63, 3.8) is 0 Å². The van der Waals surface area contributed by atoms with E-state index in [-0.39, 0.29) is 0 Å². The molecule has 0 bridgehead atoms. The summed E-state index contributed by atoms with van der Waals surface area (Å²) in [7, 11) is 0. The molecule has 2 nitrogen and oxygen atoms in total. The van der Waals surface area contributed by atoms with Crippen LogP contribution in [0.25, 0.3) is 0 Å². The molecule has 0 amide bonds. The zero-order valence-electron chi connectivity index (χ0n) is 12.9. The maximum Gasteiger partial charge on any atom is 0.0914 e. The predicted octanol–water partition coefficient (Wildman–Crippen LogP) is 3.50. The molecule has 0 heterocycles. The van der Waals surface area contributed by atoms with Crippen molar-refractivity contribution in [3.05, 3.63) is 71.3 Å². The summed E-state index contributed by atoms with van der Waals surface area (Å²) in [6.45, 7) is 4.91. The lowest BCUT2D eigenvalue weighted by atomic mass is 10.0. The summed E-state index contributed by atoms with van der Waals surface area (Å²) >= 11 is 0. The van der Waals surface area contributed by atoms with Crippen LogP contribution >= 0.6 is 0 Å². The van der Waals surface area contributed by atoms with E-state index in [1.54, 1.807) is 0 Å². The van der Waals surface area contributed by atoms with Gasteiger partial charge in [0.15, 0.2) is 0 Å². The van der Waals surface area contributed by atoms with E-state index < -0.39 is 6.10 Å². The molecule has 21 heavy (non-hydrogen) atoms. The van der Waals surface area contributed by atoms with Gasteiger partial charge >= 0.3 is 0 Å². The van der Waals surface area contributed by atoms with Gasteiger partial charge in [0.25, 0.3) is 0 Å². The normalized spacial score (nSPS) is 13.9. The summed E-state index contributed by atoms with van der Waals surface area (Å²) in [6, 6.07) is 18.9. The Labute approximate surface area is 127 Å². The van der Waals surface area contributed by atoms with E-state index in [4.69, 9.17) is 0 Å². The number of hydrogen-bond donors (Lipinski definition) is 2. The van der Waals surface area contributed by atoms with Crippen molar-refractivity contribution in [3.8, 4) is 0 Å². The monoisotopic (exact) mass is 283 g/mol. The first kappa shape index (κ1) is 15.7. The van der Waals surface area contributed by atoms with Gasteiger partial charge < -0.3 is 10.4 Å². The highest BCUT2D eigenvalue weighted by molar-refractivity contribution is 5.23. The number of aryl methyl sites for hydroxylation is 1. The van der Waals surface area contributed by atoms with Gasteiger partial charge in [0, 0.05) is 12.6 Å². The molecule has 0 saturated carbocycles. The largest absolute Gasteiger partial charge is 0.387 e. The number of benzene rings is 2. The lowest BCUT2D eigenvalue weighted by molar-refractivity contribution is 0.170. The molecule has 0 aliphatic carbocycles. The second kappa shape index (κ2) is 7.96. The van der Waals surface area contributed by atoms with Crippen LogP contribution in [0.3, 0.4) is 0 Å². The molecular formula is C19H25NO. The third kappa shape index (κ3) is 5.00. The Morgan fingerprint density at radius 1 is 0.952 bits per heavy atom.